The third kappa shape index (κ3) is 4.55. The summed E-state index contributed by atoms with van der Waals surface area (Å²) < 4.78 is 48.6. The first-order valence-electron chi connectivity index (χ1n) is 6.69. The third-order valence-electron chi connectivity index (χ3n) is 3.72. The van der Waals surface area contributed by atoms with Crippen LogP contribution in [0.15, 0.2) is 0 Å². The number of alkyl halides is 3. The Kier molecular flexibility index (Phi) is 6.14. The Bertz CT molecular complexity index is 242. The summed E-state index contributed by atoms with van der Waals surface area (Å²) in [6, 6.07) is 0.0332. The van der Waals surface area contributed by atoms with Crippen molar-refractivity contribution in [1.82, 2.24) is 0 Å². The van der Waals surface area contributed by atoms with Gasteiger partial charge in [-0.3, -0.25) is 0 Å². The molecule has 1 fully saturated rings. The molecular weight excluding hydrogens is 261 g/mol. The molecule has 0 amide bonds. The lowest BCUT2D eigenvalue weighted by atomic mass is 10.0. The fourth-order valence-corrected chi connectivity index (χ4v) is 6.68. The minimum atomic E-state index is -4.12. The fraction of sp³-hybridized carbons (Fsp3) is 1.00. The van der Waals surface area contributed by atoms with E-state index in [9.17, 15) is 13.2 Å². The predicted octanol–water partition coefficient (Wildman–Crippen LogP) is 4.40. The molecule has 0 spiro atoms. The van der Waals surface area contributed by atoms with Crippen molar-refractivity contribution in [2.24, 2.45) is 0 Å². The van der Waals surface area contributed by atoms with E-state index in [1.54, 1.807) is 0 Å². The van der Waals surface area contributed by atoms with E-state index in [1.165, 1.54) is 13.5 Å². The molecule has 0 saturated heterocycles. The lowest BCUT2D eigenvalue weighted by Gasteiger charge is -2.38. The zero-order chi connectivity index (χ0) is 13.6. The van der Waals surface area contributed by atoms with Gasteiger partial charge in [-0.15, -0.1) is 0 Å². The van der Waals surface area contributed by atoms with Gasteiger partial charge in [0.05, 0.1) is 0 Å². The molecule has 1 rings (SSSR count). The lowest BCUT2D eigenvalue weighted by molar-refractivity contribution is -0.132. The van der Waals surface area contributed by atoms with Crippen LogP contribution >= 0.6 is 0 Å². The maximum Gasteiger partial charge on any atom is 0.389 e. The molecule has 0 aromatic rings. The highest BCUT2D eigenvalue weighted by molar-refractivity contribution is 6.69. The van der Waals surface area contributed by atoms with Gasteiger partial charge in [-0.1, -0.05) is 19.3 Å². The third-order valence-corrected chi connectivity index (χ3v) is 7.95. The second kappa shape index (κ2) is 6.91. The zero-order valence-electron chi connectivity index (χ0n) is 11.2. The van der Waals surface area contributed by atoms with E-state index in [2.05, 4.69) is 0 Å². The molecule has 18 heavy (non-hydrogen) atoms. The van der Waals surface area contributed by atoms with Crippen molar-refractivity contribution >= 4 is 8.56 Å². The van der Waals surface area contributed by atoms with Crippen molar-refractivity contribution in [3.63, 3.8) is 0 Å². The van der Waals surface area contributed by atoms with Crippen molar-refractivity contribution in [2.75, 3.05) is 13.7 Å². The highest BCUT2D eigenvalue weighted by Crippen LogP contribution is 2.42. The molecule has 0 heterocycles. The Balaban J connectivity index is 2.71. The monoisotopic (exact) mass is 284 g/mol. The van der Waals surface area contributed by atoms with E-state index >= 15 is 0 Å². The van der Waals surface area contributed by atoms with E-state index in [-0.39, 0.29) is 11.6 Å². The molecule has 0 N–H and O–H groups in total. The SMILES string of the molecule is CCO[Si](CCC(F)(F)F)(OC)C1CCCCC1. The van der Waals surface area contributed by atoms with Crippen LogP contribution in [0.4, 0.5) is 13.2 Å². The van der Waals surface area contributed by atoms with Crippen molar-refractivity contribution in [1.29, 1.82) is 0 Å². The number of rotatable bonds is 6. The van der Waals surface area contributed by atoms with Gasteiger partial charge in [-0.05, 0) is 25.8 Å². The van der Waals surface area contributed by atoms with Gasteiger partial charge >= 0.3 is 14.7 Å². The Morgan fingerprint density at radius 1 is 1.17 bits per heavy atom. The van der Waals surface area contributed by atoms with Crippen LogP contribution in [0.2, 0.25) is 11.6 Å². The molecule has 0 aliphatic heterocycles. The summed E-state index contributed by atoms with van der Waals surface area (Å²) >= 11 is 0. The molecule has 108 valence electrons. The van der Waals surface area contributed by atoms with Gasteiger partial charge in [-0.2, -0.15) is 13.2 Å². The van der Waals surface area contributed by atoms with Gasteiger partial charge in [0.25, 0.3) is 0 Å². The number of hydrogen-bond acceptors (Lipinski definition) is 2. The second-order valence-electron chi connectivity index (χ2n) is 4.90. The summed E-state index contributed by atoms with van der Waals surface area (Å²) in [5, 5.41) is 0. The van der Waals surface area contributed by atoms with E-state index in [4.69, 9.17) is 8.85 Å². The largest absolute Gasteiger partial charge is 0.397 e. The van der Waals surface area contributed by atoms with Crippen molar-refractivity contribution in [3.05, 3.63) is 0 Å². The van der Waals surface area contributed by atoms with Gasteiger partial charge in [0.1, 0.15) is 0 Å². The summed E-state index contributed by atoms with van der Waals surface area (Å²) in [6.45, 7) is 2.27. The van der Waals surface area contributed by atoms with E-state index in [0.29, 0.717) is 6.61 Å². The van der Waals surface area contributed by atoms with Crippen molar-refractivity contribution in [3.8, 4) is 0 Å². The maximum absolute atomic E-state index is 12.4. The normalized spacial score (nSPS) is 21.8. The van der Waals surface area contributed by atoms with E-state index < -0.39 is 21.2 Å². The maximum atomic E-state index is 12.4. The topological polar surface area (TPSA) is 18.5 Å². The summed E-state index contributed by atoms with van der Waals surface area (Å²) in [4.78, 5) is 0. The van der Waals surface area contributed by atoms with Gasteiger partial charge in [0, 0.05) is 25.7 Å². The molecular formula is C12H23F3O2Si. The average Bonchev–Trinajstić information content (AvgIpc) is 2.35. The first-order chi connectivity index (χ1) is 8.43. The van der Waals surface area contributed by atoms with Gasteiger partial charge < -0.3 is 8.85 Å². The highest BCUT2D eigenvalue weighted by Gasteiger charge is 2.47. The number of halogens is 3. The quantitative estimate of drug-likeness (QED) is 0.673. The summed E-state index contributed by atoms with van der Waals surface area (Å²) in [5.41, 5.74) is 0.221. The molecule has 1 atom stereocenters. The van der Waals surface area contributed by atoms with Crippen LogP contribution in [-0.2, 0) is 8.85 Å². The second-order valence-corrected chi connectivity index (χ2v) is 8.54. The van der Waals surface area contributed by atoms with Crippen LogP contribution in [0, 0.1) is 0 Å². The molecule has 0 aromatic carbocycles. The van der Waals surface area contributed by atoms with Gasteiger partial charge in [-0.25, -0.2) is 0 Å². The lowest BCUT2D eigenvalue weighted by Crippen LogP contribution is -2.47. The Labute approximate surface area is 108 Å². The van der Waals surface area contributed by atoms with Crippen LogP contribution in [0.3, 0.4) is 0 Å². The fourth-order valence-electron chi connectivity index (χ4n) is 2.82. The van der Waals surface area contributed by atoms with Gasteiger partial charge in [0.15, 0.2) is 0 Å². The Morgan fingerprint density at radius 2 is 1.78 bits per heavy atom. The zero-order valence-corrected chi connectivity index (χ0v) is 12.2. The summed E-state index contributed by atoms with van der Waals surface area (Å²) in [7, 11) is -1.18. The highest BCUT2D eigenvalue weighted by atomic mass is 28.4. The average molecular weight is 284 g/mol. The van der Waals surface area contributed by atoms with Crippen LogP contribution in [0.25, 0.3) is 0 Å². The van der Waals surface area contributed by atoms with Crippen LogP contribution < -0.4 is 0 Å². The standard InChI is InChI=1S/C12H23F3O2Si/c1-3-17-18(16-2,10-9-12(13,14)15)11-7-5-4-6-8-11/h11H,3-10H2,1-2H3. The molecule has 1 unspecified atom stereocenters. The molecule has 0 bridgehead atoms. The van der Waals surface area contributed by atoms with Crippen LogP contribution in [0.1, 0.15) is 45.4 Å². The number of hydrogen-bond donors (Lipinski definition) is 0. The molecule has 1 saturated carbocycles. The molecule has 1 aliphatic rings. The first kappa shape index (κ1) is 16.0. The van der Waals surface area contributed by atoms with E-state index in [1.807, 2.05) is 6.92 Å². The molecule has 0 radical (unpaired) electrons. The minimum absolute atomic E-state index is 0.0332. The first-order valence-corrected chi connectivity index (χ1v) is 8.79. The van der Waals surface area contributed by atoms with Crippen LogP contribution in [0.5, 0.6) is 0 Å². The minimum Gasteiger partial charge on any atom is -0.397 e. The van der Waals surface area contributed by atoms with Gasteiger partial charge in [0.2, 0.25) is 0 Å². The van der Waals surface area contributed by atoms with Crippen molar-refractivity contribution in [2.45, 2.75) is 63.2 Å². The Morgan fingerprint density at radius 3 is 2.22 bits per heavy atom. The summed E-state index contributed by atoms with van der Waals surface area (Å²) in [6.07, 6.45) is 0.349. The summed E-state index contributed by atoms with van der Waals surface area (Å²) in [5.74, 6) is 0. The predicted molar refractivity (Wildman–Crippen MR) is 66.7 cm³/mol. The molecule has 0 aromatic heterocycles. The molecule has 1 aliphatic carbocycles. The molecule has 6 heteroatoms. The smallest absolute Gasteiger partial charge is 0.389 e. The van der Waals surface area contributed by atoms with Crippen LogP contribution in [-0.4, -0.2) is 28.5 Å². The van der Waals surface area contributed by atoms with Crippen molar-refractivity contribution < 1.29 is 22.0 Å². The molecule has 2 nitrogen and oxygen atoms in total. The van der Waals surface area contributed by atoms with E-state index in [0.717, 1.165) is 25.7 Å². The Hall–Kier alpha value is -0.0731.